The molecule has 13 heavy (non-hydrogen) atoms. The number of hydroxylamine groups is 1. The molecule has 1 aromatic rings. The second-order valence-electron chi connectivity index (χ2n) is 2.60. The van der Waals surface area contributed by atoms with Crippen LogP contribution in [0, 0.1) is 6.92 Å². The average molecular weight is 200 g/mol. The number of rotatable bonds is 2. The number of amides is 1. The highest BCUT2D eigenvalue weighted by Gasteiger charge is 2.05. The first-order valence-corrected chi connectivity index (χ1v) is 4.12. The van der Waals surface area contributed by atoms with Crippen molar-refractivity contribution in [3.8, 4) is 0 Å². The molecule has 0 radical (unpaired) electrons. The van der Waals surface area contributed by atoms with Crippen LogP contribution in [-0.2, 0) is 4.84 Å². The van der Waals surface area contributed by atoms with E-state index in [-0.39, 0.29) is 5.91 Å². The molecule has 1 amide bonds. The Labute approximate surface area is 81.6 Å². The Morgan fingerprint density at radius 3 is 2.77 bits per heavy atom. The van der Waals surface area contributed by atoms with Crippen molar-refractivity contribution < 1.29 is 9.63 Å². The van der Waals surface area contributed by atoms with Crippen LogP contribution in [0.5, 0.6) is 0 Å². The van der Waals surface area contributed by atoms with Crippen molar-refractivity contribution in [2.45, 2.75) is 6.92 Å². The van der Waals surface area contributed by atoms with Gasteiger partial charge in [-0.3, -0.25) is 9.63 Å². The van der Waals surface area contributed by atoms with Gasteiger partial charge in [0.25, 0.3) is 5.91 Å². The van der Waals surface area contributed by atoms with Gasteiger partial charge in [0.05, 0.1) is 7.11 Å². The summed E-state index contributed by atoms with van der Waals surface area (Å²) in [7, 11) is 1.39. The Bertz CT molecular complexity index is 325. The number of carbonyl (C=O) groups excluding carboxylic acids is 1. The van der Waals surface area contributed by atoms with E-state index in [1.54, 1.807) is 18.2 Å². The molecule has 70 valence electrons. The minimum atomic E-state index is -0.276. The highest BCUT2D eigenvalue weighted by atomic mass is 35.5. The Hall–Kier alpha value is -1.06. The number of aryl methyl sites for hydroxylation is 1. The smallest absolute Gasteiger partial charge is 0.274 e. The van der Waals surface area contributed by atoms with Crippen LogP contribution in [0.3, 0.4) is 0 Å². The van der Waals surface area contributed by atoms with Crippen molar-refractivity contribution in [1.29, 1.82) is 0 Å². The fraction of sp³-hybridized carbons (Fsp3) is 0.222. The van der Waals surface area contributed by atoms with Crippen LogP contribution in [0.2, 0.25) is 5.02 Å². The summed E-state index contributed by atoms with van der Waals surface area (Å²) in [4.78, 5) is 15.7. The molecule has 1 rings (SSSR count). The van der Waals surface area contributed by atoms with Gasteiger partial charge >= 0.3 is 0 Å². The lowest BCUT2D eigenvalue weighted by molar-refractivity contribution is 0.0537. The SMILES string of the molecule is CONC(=O)c1ccc(Cl)c(C)c1. The number of nitrogens with one attached hydrogen (secondary N) is 1. The third-order valence-electron chi connectivity index (χ3n) is 1.61. The van der Waals surface area contributed by atoms with E-state index in [0.717, 1.165) is 5.56 Å². The molecule has 0 aliphatic rings. The summed E-state index contributed by atoms with van der Waals surface area (Å²) in [6.45, 7) is 1.84. The van der Waals surface area contributed by atoms with Crippen molar-refractivity contribution >= 4 is 17.5 Å². The largest absolute Gasteiger partial charge is 0.277 e. The normalized spacial score (nSPS) is 9.77. The average Bonchev–Trinajstić information content (AvgIpc) is 2.10. The minimum absolute atomic E-state index is 0.276. The molecule has 0 saturated carbocycles. The van der Waals surface area contributed by atoms with Gasteiger partial charge in [0.2, 0.25) is 0 Å². The van der Waals surface area contributed by atoms with Gasteiger partial charge in [-0.05, 0) is 30.7 Å². The first kappa shape index (κ1) is 10.0. The Kier molecular flexibility index (Phi) is 3.28. The van der Waals surface area contributed by atoms with Gasteiger partial charge in [0.1, 0.15) is 0 Å². The third-order valence-corrected chi connectivity index (χ3v) is 2.04. The molecule has 0 aliphatic carbocycles. The quantitative estimate of drug-likeness (QED) is 0.740. The van der Waals surface area contributed by atoms with Gasteiger partial charge in [-0.25, -0.2) is 5.48 Å². The first-order valence-electron chi connectivity index (χ1n) is 3.74. The van der Waals surface area contributed by atoms with Gasteiger partial charge in [-0.2, -0.15) is 0 Å². The molecule has 1 N–H and O–H groups in total. The zero-order valence-corrected chi connectivity index (χ0v) is 8.18. The Morgan fingerprint density at radius 2 is 2.23 bits per heavy atom. The molecule has 0 unspecified atom stereocenters. The molecule has 0 atom stereocenters. The number of carbonyl (C=O) groups is 1. The monoisotopic (exact) mass is 199 g/mol. The summed E-state index contributed by atoms with van der Waals surface area (Å²) < 4.78 is 0. The zero-order valence-electron chi connectivity index (χ0n) is 7.43. The summed E-state index contributed by atoms with van der Waals surface area (Å²) in [5.41, 5.74) is 3.62. The van der Waals surface area contributed by atoms with E-state index in [2.05, 4.69) is 10.3 Å². The lowest BCUT2D eigenvalue weighted by Crippen LogP contribution is -2.21. The highest BCUT2D eigenvalue weighted by molar-refractivity contribution is 6.31. The maximum Gasteiger partial charge on any atom is 0.274 e. The maximum atomic E-state index is 11.2. The van der Waals surface area contributed by atoms with E-state index in [4.69, 9.17) is 11.6 Å². The third kappa shape index (κ3) is 2.44. The van der Waals surface area contributed by atoms with Gasteiger partial charge in [0, 0.05) is 10.6 Å². The topological polar surface area (TPSA) is 38.3 Å². The van der Waals surface area contributed by atoms with Crippen molar-refractivity contribution in [3.05, 3.63) is 34.3 Å². The van der Waals surface area contributed by atoms with E-state index in [1.807, 2.05) is 6.92 Å². The molecule has 3 nitrogen and oxygen atoms in total. The molecular formula is C9H10ClNO2. The number of halogens is 1. The predicted octanol–water partition coefficient (Wildman–Crippen LogP) is 1.94. The summed E-state index contributed by atoms with van der Waals surface area (Å²) in [6.07, 6.45) is 0. The number of benzene rings is 1. The number of hydrogen-bond acceptors (Lipinski definition) is 2. The molecule has 0 heterocycles. The molecule has 4 heteroatoms. The predicted molar refractivity (Wildman–Crippen MR) is 50.7 cm³/mol. The van der Waals surface area contributed by atoms with Crippen LogP contribution >= 0.6 is 11.6 Å². The van der Waals surface area contributed by atoms with Crippen LogP contribution in [0.4, 0.5) is 0 Å². The molecular weight excluding hydrogens is 190 g/mol. The van der Waals surface area contributed by atoms with Crippen molar-refractivity contribution in [3.63, 3.8) is 0 Å². The van der Waals surface area contributed by atoms with Gasteiger partial charge < -0.3 is 0 Å². The van der Waals surface area contributed by atoms with E-state index in [9.17, 15) is 4.79 Å². The van der Waals surface area contributed by atoms with E-state index >= 15 is 0 Å². The second kappa shape index (κ2) is 4.25. The highest BCUT2D eigenvalue weighted by Crippen LogP contribution is 2.15. The van der Waals surface area contributed by atoms with Crippen LogP contribution in [-0.4, -0.2) is 13.0 Å². The van der Waals surface area contributed by atoms with Crippen LogP contribution in [0.15, 0.2) is 18.2 Å². The molecule has 0 aliphatic heterocycles. The zero-order chi connectivity index (χ0) is 9.84. The lowest BCUT2D eigenvalue weighted by Gasteiger charge is -2.03. The standard InChI is InChI=1S/C9H10ClNO2/c1-6-5-7(3-4-8(6)10)9(12)11-13-2/h3-5H,1-2H3,(H,11,12). The summed E-state index contributed by atoms with van der Waals surface area (Å²) in [5.74, 6) is -0.276. The van der Waals surface area contributed by atoms with Crippen molar-refractivity contribution in [2.75, 3.05) is 7.11 Å². The maximum absolute atomic E-state index is 11.2. The fourth-order valence-corrected chi connectivity index (χ4v) is 1.06. The molecule has 0 spiro atoms. The fourth-order valence-electron chi connectivity index (χ4n) is 0.938. The summed E-state index contributed by atoms with van der Waals surface area (Å²) in [6, 6.07) is 5.03. The van der Waals surface area contributed by atoms with Gasteiger partial charge in [-0.15, -0.1) is 0 Å². The van der Waals surface area contributed by atoms with Gasteiger partial charge in [-0.1, -0.05) is 11.6 Å². The Balaban J connectivity index is 2.90. The molecule has 0 aromatic heterocycles. The van der Waals surface area contributed by atoms with E-state index in [1.165, 1.54) is 7.11 Å². The number of hydrogen-bond donors (Lipinski definition) is 1. The van der Waals surface area contributed by atoms with Crippen LogP contribution in [0.1, 0.15) is 15.9 Å². The lowest BCUT2D eigenvalue weighted by atomic mass is 10.1. The molecule has 0 bridgehead atoms. The van der Waals surface area contributed by atoms with E-state index < -0.39 is 0 Å². The van der Waals surface area contributed by atoms with Crippen molar-refractivity contribution in [2.24, 2.45) is 0 Å². The van der Waals surface area contributed by atoms with Crippen LogP contribution < -0.4 is 5.48 Å². The second-order valence-corrected chi connectivity index (χ2v) is 3.01. The van der Waals surface area contributed by atoms with Crippen molar-refractivity contribution in [1.82, 2.24) is 5.48 Å². The molecule has 1 aromatic carbocycles. The van der Waals surface area contributed by atoms with E-state index in [0.29, 0.717) is 10.6 Å². The summed E-state index contributed by atoms with van der Waals surface area (Å²) >= 11 is 5.80. The Morgan fingerprint density at radius 1 is 1.54 bits per heavy atom. The molecule has 0 fully saturated rings. The summed E-state index contributed by atoms with van der Waals surface area (Å²) in [5, 5.41) is 0.647. The molecule has 0 saturated heterocycles. The van der Waals surface area contributed by atoms with Gasteiger partial charge in [0.15, 0.2) is 0 Å². The first-order chi connectivity index (χ1) is 6.15. The minimum Gasteiger partial charge on any atom is -0.277 e. The van der Waals surface area contributed by atoms with Crippen LogP contribution in [0.25, 0.3) is 0 Å².